The number of halogens is 1. The molecule has 0 aromatic carbocycles. The van der Waals surface area contributed by atoms with Crippen LogP contribution in [0.4, 0.5) is 0 Å². The Morgan fingerprint density at radius 3 is 2.73 bits per heavy atom. The van der Waals surface area contributed by atoms with E-state index in [0.29, 0.717) is 5.76 Å². The Kier molecular flexibility index (Phi) is 3.85. The van der Waals surface area contributed by atoms with Crippen molar-refractivity contribution in [3.05, 3.63) is 23.7 Å². The number of nitrogens with two attached hydrogens (primary N) is 1. The van der Waals surface area contributed by atoms with Gasteiger partial charge in [-0.1, -0.05) is 0 Å². The number of aryl methyl sites for hydroxylation is 1. The Morgan fingerprint density at radius 2 is 2.36 bits per heavy atom. The van der Waals surface area contributed by atoms with Gasteiger partial charge in [-0.2, -0.15) is 0 Å². The Balaban J connectivity index is 0.000001000. The van der Waals surface area contributed by atoms with Gasteiger partial charge in [0.05, 0.1) is 12.8 Å². The quantitative estimate of drug-likeness (QED) is 0.687. The lowest BCUT2D eigenvalue weighted by Gasteiger charge is -1.86. The number of ketones is 1. The average Bonchev–Trinajstić information content (AvgIpc) is 2.34. The molecule has 1 aromatic heterocycles. The van der Waals surface area contributed by atoms with E-state index >= 15 is 0 Å². The molecule has 0 aliphatic rings. The zero-order valence-electron chi connectivity index (χ0n) is 6.16. The minimum Gasteiger partial charge on any atom is -0.461 e. The van der Waals surface area contributed by atoms with Gasteiger partial charge in [-0.15, -0.1) is 12.4 Å². The van der Waals surface area contributed by atoms with Crippen LogP contribution in [0.15, 0.2) is 16.7 Å². The van der Waals surface area contributed by atoms with Gasteiger partial charge in [-0.25, -0.2) is 0 Å². The van der Waals surface area contributed by atoms with Gasteiger partial charge in [-0.05, 0) is 18.6 Å². The van der Waals surface area contributed by atoms with Crippen molar-refractivity contribution in [2.45, 2.75) is 6.92 Å². The van der Waals surface area contributed by atoms with E-state index in [0.717, 1.165) is 5.56 Å². The Labute approximate surface area is 71.0 Å². The fourth-order valence-corrected chi connectivity index (χ4v) is 0.678. The molecule has 0 fully saturated rings. The van der Waals surface area contributed by atoms with E-state index in [-0.39, 0.29) is 24.7 Å². The van der Waals surface area contributed by atoms with E-state index in [2.05, 4.69) is 0 Å². The van der Waals surface area contributed by atoms with Gasteiger partial charge in [0.25, 0.3) is 0 Å². The molecule has 4 heteroatoms. The summed E-state index contributed by atoms with van der Waals surface area (Å²) in [6.07, 6.45) is 1.53. The first-order valence-corrected chi connectivity index (χ1v) is 3.02. The smallest absolute Gasteiger partial charge is 0.211 e. The van der Waals surface area contributed by atoms with Crippen LogP contribution in [0.1, 0.15) is 16.1 Å². The van der Waals surface area contributed by atoms with E-state index in [9.17, 15) is 4.79 Å². The van der Waals surface area contributed by atoms with Crippen LogP contribution in [-0.4, -0.2) is 12.3 Å². The number of hydrogen-bond donors (Lipinski definition) is 1. The first-order valence-electron chi connectivity index (χ1n) is 3.02. The van der Waals surface area contributed by atoms with Crippen LogP contribution in [0, 0.1) is 6.92 Å². The summed E-state index contributed by atoms with van der Waals surface area (Å²) in [7, 11) is 0. The van der Waals surface area contributed by atoms with Crippen LogP contribution in [-0.2, 0) is 0 Å². The van der Waals surface area contributed by atoms with Crippen molar-refractivity contribution in [3.63, 3.8) is 0 Å². The Bertz CT molecular complexity index is 244. The lowest BCUT2D eigenvalue weighted by molar-refractivity contribution is 0.0975. The van der Waals surface area contributed by atoms with Gasteiger partial charge in [-0.3, -0.25) is 4.79 Å². The molecule has 0 atom stereocenters. The third-order valence-corrected chi connectivity index (χ3v) is 1.19. The van der Waals surface area contributed by atoms with Gasteiger partial charge < -0.3 is 10.2 Å². The molecule has 0 amide bonds. The van der Waals surface area contributed by atoms with Gasteiger partial charge in [0.15, 0.2) is 5.76 Å². The van der Waals surface area contributed by atoms with E-state index in [1.807, 2.05) is 6.92 Å². The highest BCUT2D eigenvalue weighted by Gasteiger charge is 2.06. The molecule has 11 heavy (non-hydrogen) atoms. The van der Waals surface area contributed by atoms with E-state index in [1.54, 1.807) is 6.07 Å². The minimum atomic E-state index is -0.159. The zero-order valence-corrected chi connectivity index (χ0v) is 6.98. The third kappa shape index (κ3) is 2.37. The van der Waals surface area contributed by atoms with Crippen molar-refractivity contribution in [2.24, 2.45) is 5.73 Å². The number of rotatable bonds is 2. The summed E-state index contributed by atoms with van der Waals surface area (Å²) >= 11 is 0. The predicted octanol–water partition coefficient (Wildman–Crippen LogP) is 1.15. The van der Waals surface area contributed by atoms with E-state index in [1.165, 1.54) is 6.26 Å². The second kappa shape index (κ2) is 4.16. The van der Waals surface area contributed by atoms with Gasteiger partial charge >= 0.3 is 0 Å². The molecule has 0 saturated carbocycles. The zero-order chi connectivity index (χ0) is 7.56. The van der Waals surface area contributed by atoms with Gasteiger partial charge in [0.2, 0.25) is 5.78 Å². The fourth-order valence-electron chi connectivity index (χ4n) is 0.678. The molecule has 1 heterocycles. The molecule has 3 nitrogen and oxygen atoms in total. The molecule has 1 rings (SSSR count). The van der Waals surface area contributed by atoms with Crippen LogP contribution in [0.25, 0.3) is 0 Å². The molecular weight excluding hydrogens is 166 g/mol. The summed E-state index contributed by atoms with van der Waals surface area (Å²) in [6.45, 7) is 1.86. The van der Waals surface area contributed by atoms with Crippen LogP contribution in [0.2, 0.25) is 0 Å². The normalized spacial score (nSPS) is 8.91. The molecular formula is C7H10ClNO2. The standard InChI is InChI=1S/C7H9NO2.ClH/c1-5-2-7(10-4-5)6(9)3-8;/h2,4H,3,8H2,1H3;1H. The highest BCUT2D eigenvalue weighted by molar-refractivity contribution is 5.95. The first kappa shape index (κ1) is 10.2. The summed E-state index contributed by atoms with van der Waals surface area (Å²) < 4.78 is 4.89. The van der Waals surface area contributed by atoms with Crippen molar-refractivity contribution in [1.82, 2.24) is 0 Å². The maximum atomic E-state index is 10.8. The molecule has 0 aliphatic carbocycles. The molecule has 0 aliphatic heterocycles. The largest absolute Gasteiger partial charge is 0.461 e. The van der Waals surface area contributed by atoms with Crippen LogP contribution >= 0.6 is 12.4 Å². The molecule has 0 radical (unpaired) electrons. The number of Topliss-reactive ketones (excluding diaryl/α,β-unsaturated/α-hetero) is 1. The highest BCUT2D eigenvalue weighted by atomic mass is 35.5. The van der Waals surface area contributed by atoms with Crippen molar-refractivity contribution >= 4 is 18.2 Å². The summed E-state index contributed by atoms with van der Waals surface area (Å²) in [5, 5.41) is 0. The summed E-state index contributed by atoms with van der Waals surface area (Å²) in [5.74, 6) is 0.188. The minimum absolute atomic E-state index is 0. The molecule has 0 spiro atoms. The van der Waals surface area contributed by atoms with Gasteiger partial charge in [0.1, 0.15) is 0 Å². The first-order chi connectivity index (χ1) is 4.74. The number of hydrogen-bond acceptors (Lipinski definition) is 3. The molecule has 2 N–H and O–H groups in total. The van der Waals surface area contributed by atoms with Crippen molar-refractivity contribution in [1.29, 1.82) is 0 Å². The Hall–Kier alpha value is -0.800. The fraction of sp³-hybridized carbons (Fsp3) is 0.286. The lowest BCUT2D eigenvalue weighted by Crippen LogP contribution is -2.12. The van der Waals surface area contributed by atoms with Crippen LogP contribution in [0.3, 0.4) is 0 Å². The van der Waals surface area contributed by atoms with Crippen LogP contribution < -0.4 is 5.73 Å². The van der Waals surface area contributed by atoms with Crippen molar-refractivity contribution in [3.8, 4) is 0 Å². The maximum absolute atomic E-state index is 10.8. The number of carbonyl (C=O) groups excluding carboxylic acids is 1. The third-order valence-electron chi connectivity index (χ3n) is 1.19. The number of carbonyl (C=O) groups is 1. The predicted molar refractivity (Wildman–Crippen MR) is 44.1 cm³/mol. The second-order valence-electron chi connectivity index (χ2n) is 2.12. The molecule has 62 valence electrons. The SMILES string of the molecule is Cc1coc(C(=O)CN)c1.Cl. The summed E-state index contributed by atoms with van der Waals surface area (Å²) in [6, 6.07) is 1.68. The van der Waals surface area contributed by atoms with Gasteiger partial charge in [0, 0.05) is 0 Å². The second-order valence-corrected chi connectivity index (χ2v) is 2.12. The maximum Gasteiger partial charge on any atom is 0.211 e. The molecule has 0 saturated heterocycles. The van der Waals surface area contributed by atoms with Crippen molar-refractivity contribution in [2.75, 3.05) is 6.54 Å². The topological polar surface area (TPSA) is 56.2 Å². The summed E-state index contributed by atoms with van der Waals surface area (Å²) in [4.78, 5) is 10.8. The number of furan rings is 1. The lowest BCUT2D eigenvalue weighted by atomic mass is 10.3. The van der Waals surface area contributed by atoms with E-state index < -0.39 is 0 Å². The Morgan fingerprint density at radius 1 is 1.73 bits per heavy atom. The average molecular weight is 176 g/mol. The molecule has 0 bridgehead atoms. The van der Waals surface area contributed by atoms with Crippen molar-refractivity contribution < 1.29 is 9.21 Å². The summed E-state index contributed by atoms with van der Waals surface area (Å²) in [5.41, 5.74) is 6.05. The highest BCUT2D eigenvalue weighted by Crippen LogP contribution is 2.05. The van der Waals surface area contributed by atoms with Crippen LogP contribution in [0.5, 0.6) is 0 Å². The van der Waals surface area contributed by atoms with E-state index in [4.69, 9.17) is 10.2 Å². The molecule has 1 aromatic rings. The molecule has 0 unspecified atom stereocenters. The monoisotopic (exact) mass is 175 g/mol.